The number of piperazine rings is 1. The van der Waals surface area contributed by atoms with E-state index in [0.29, 0.717) is 17.7 Å². The van der Waals surface area contributed by atoms with Gasteiger partial charge in [0.2, 0.25) is 10.0 Å². The maximum atomic E-state index is 13.3. The van der Waals surface area contributed by atoms with E-state index in [-0.39, 0.29) is 25.5 Å². The van der Waals surface area contributed by atoms with Gasteiger partial charge in [-0.25, -0.2) is 17.9 Å². The molecular weight excluding hydrogens is 415 g/mol. The highest BCUT2D eigenvalue weighted by atomic mass is 35.5. The van der Waals surface area contributed by atoms with Gasteiger partial charge in [-0.3, -0.25) is 14.3 Å². The van der Waals surface area contributed by atoms with Gasteiger partial charge in [0.15, 0.2) is 4.90 Å². The summed E-state index contributed by atoms with van der Waals surface area (Å²) < 4.78 is 68.0. The molecule has 0 radical (unpaired) electrons. The van der Waals surface area contributed by atoms with Crippen LogP contribution in [0.5, 0.6) is 0 Å². The van der Waals surface area contributed by atoms with Crippen molar-refractivity contribution in [1.29, 1.82) is 0 Å². The molecule has 0 bridgehead atoms. The molecule has 27 heavy (non-hydrogen) atoms. The quantitative estimate of drug-likeness (QED) is 0.590. The van der Waals surface area contributed by atoms with Gasteiger partial charge in [0.1, 0.15) is 6.04 Å². The number of halogens is 4. The third-order valence-corrected chi connectivity index (χ3v) is 5.55. The van der Waals surface area contributed by atoms with E-state index in [1.165, 1.54) is 7.05 Å². The van der Waals surface area contributed by atoms with Crippen LogP contribution in [0.1, 0.15) is 0 Å². The molecule has 0 amide bonds. The fourth-order valence-corrected chi connectivity index (χ4v) is 3.87. The number of aryl methyl sites for hydroxylation is 1. The summed E-state index contributed by atoms with van der Waals surface area (Å²) in [6.07, 6.45) is -3.85. The van der Waals surface area contributed by atoms with Crippen LogP contribution < -0.4 is 21.3 Å². The van der Waals surface area contributed by atoms with Crippen LogP contribution >= 0.6 is 12.4 Å². The largest absolute Gasteiger partial charge is 0.405 e. The molecule has 2 rings (SSSR count). The first-order valence-electron chi connectivity index (χ1n) is 7.73. The summed E-state index contributed by atoms with van der Waals surface area (Å²) in [5, 5.41) is 2.92. The summed E-state index contributed by atoms with van der Waals surface area (Å²) in [6.45, 7) is 0.0280. The average molecular weight is 436 g/mol. The molecule has 0 spiro atoms. The molecule has 1 atom stereocenters. The van der Waals surface area contributed by atoms with Gasteiger partial charge in [0, 0.05) is 53.0 Å². The molecular formula is C13H21ClF3N5O4S. The van der Waals surface area contributed by atoms with Crippen molar-refractivity contribution in [1.82, 2.24) is 24.1 Å². The first kappa shape index (κ1) is 23.6. The molecule has 0 saturated carbocycles. The second kappa shape index (κ2) is 8.73. The molecule has 0 aromatic carbocycles. The molecule has 1 unspecified atom stereocenters. The lowest BCUT2D eigenvalue weighted by atomic mass is 10.2. The Kier molecular flexibility index (Phi) is 7.64. The fraction of sp³-hybridized carbons (Fsp3) is 0.692. The minimum atomic E-state index is -4.64. The number of hydrogen-bond acceptors (Lipinski definition) is 6. The number of nitrogens with zero attached hydrogens (tertiary/aromatic N) is 3. The number of rotatable bonds is 5. The monoisotopic (exact) mass is 435 g/mol. The Labute approximate surface area is 159 Å². The number of hydrogen-bond donors (Lipinski definition) is 2. The van der Waals surface area contributed by atoms with Gasteiger partial charge in [-0.1, -0.05) is 0 Å². The lowest BCUT2D eigenvalue weighted by Crippen LogP contribution is -2.57. The molecule has 14 heteroatoms. The second-order valence-electron chi connectivity index (χ2n) is 5.95. The SMILES string of the molecule is Cl.Cn1cc(S(=O)(=O)NCC(N2CCNCC2)C(F)(F)F)c(=O)n(C)c1=O. The number of nitrogens with one attached hydrogen (secondary N) is 2. The summed E-state index contributed by atoms with van der Waals surface area (Å²) in [7, 11) is -2.21. The lowest BCUT2D eigenvalue weighted by Gasteiger charge is -2.35. The lowest BCUT2D eigenvalue weighted by molar-refractivity contribution is -0.182. The van der Waals surface area contributed by atoms with Gasteiger partial charge in [-0.15, -0.1) is 12.4 Å². The minimum absolute atomic E-state index is 0. The normalized spacial score (nSPS) is 17.4. The zero-order chi connectivity index (χ0) is 19.7. The summed E-state index contributed by atoms with van der Waals surface area (Å²) in [5.74, 6) is 0. The summed E-state index contributed by atoms with van der Waals surface area (Å²) in [6, 6.07) is -2.02. The molecule has 1 aromatic rings. The molecule has 1 aromatic heterocycles. The maximum absolute atomic E-state index is 13.3. The third kappa shape index (κ3) is 5.31. The Morgan fingerprint density at radius 2 is 1.78 bits per heavy atom. The Morgan fingerprint density at radius 1 is 1.22 bits per heavy atom. The van der Waals surface area contributed by atoms with Crippen LogP contribution in [0.2, 0.25) is 0 Å². The highest BCUT2D eigenvalue weighted by Gasteiger charge is 2.44. The van der Waals surface area contributed by atoms with Crippen molar-refractivity contribution in [3.8, 4) is 0 Å². The van der Waals surface area contributed by atoms with Crippen LogP contribution in [-0.4, -0.2) is 67.4 Å². The molecule has 2 N–H and O–H groups in total. The molecule has 0 aliphatic carbocycles. The minimum Gasteiger partial charge on any atom is -0.314 e. The van der Waals surface area contributed by atoms with Crippen LogP contribution in [0.15, 0.2) is 20.7 Å². The average Bonchev–Trinajstić information content (AvgIpc) is 2.56. The highest BCUT2D eigenvalue weighted by molar-refractivity contribution is 7.89. The van der Waals surface area contributed by atoms with Gasteiger partial charge < -0.3 is 9.88 Å². The van der Waals surface area contributed by atoms with Crippen molar-refractivity contribution < 1.29 is 21.6 Å². The molecule has 9 nitrogen and oxygen atoms in total. The molecule has 1 fully saturated rings. The van der Waals surface area contributed by atoms with Crippen molar-refractivity contribution in [2.24, 2.45) is 14.1 Å². The Hall–Kier alpha value is -1.41. The van der Waals surface area contributed by atoms with Crippen molar-refractivity contribution in [2.75, 3.05) is 32.7 Å². The van der Waals surface area contributed by atoms with E-state index in [1.807, 2.05) is 4.72 Å². The van der Waals surface area contributed by atoms with Crippen molar-refractivity contribution in [2.45, 2.75) is 17.1 Å². The molecule has 156 valence electrons. The Balaban J connectivity index is 0.00000364. The molecule has 1 saturated heterocycles. The predicted octanol–water partition coefficient (Wildman–Crippen LogP) is -1.38. The van der Waals surface area contributed by atoms with E-state index in [0.717, 1.165) is 22.7 Å². The van der Waals surface area contributed by atoms with Crippen LogP contribution in [-0.2, 0) is 24.1 Å². The first-order valence-corrected chi connectivity index (χ1v) is 9.21. The predicted molar refractivity (Wildman–Crippen MR) is 93.6 cm³/mol. The molecule has 2 heterocycles. The number of sulfonamides is 1. The fourth-order valence-electron chi connectivity index (χ4n) is 2.67. The zero-order valence-electron chi connectivity index (χ0n) is 14.6. The van der Waals surface area contributed by atoms with E-state index in [4.69, 9.17) is 0 Å². The van der Waals surface area contributed by atoms with E-state index < -0.39 is 44.9 Å². The summed E-state index contributed by atoms with van der Waals surface area (Å²) in [4.78, 5) is 24.0. The van der Waals surface area contributed by atoms with Crippen LogP contribution in [0, 0.1) is 0 Å². The van der Waals surface area contributed by atoms with E-state index in [9.17, 15) is 31.2 Å². The van der Waals surface area contributed by atoms with E-state index in [2.05, 4.69) is 5.32 Å². The summed E-state index contributed by atoms with van der Waals surface area (Å²) >= 11 is 0. The zero-order valence-corrected chi connectivity index (χ0v) is 16.2. The first-order chi connectivity index (χ1) is 11.9. The Bertz CT molecular complexity index is 877. The van der Waals surface area contributed by atoms with E-state index in [1.54, 1.807) is 0 Å². The Morgan fingerprint density at radius 3 is 2.30 bits per heavy atom. The van der Waals surface area contributed by atoms with Crippen molar-refractivity contribution in [3.63, 3.8) is 0 Å². The van der Waals surface area contributed by atoms with Gasteiger partial charge in [-0.05, 0) is 0 Å². The second-order valence-corrected chi connectivity index (χ2v) is 7.68. The number of alkyl halides is 3. The van der Waals surface area contributed by atoms with Gasteiger partial charge in [-0.2, -0.15) is 13.2 Å². The van der Waals surface area contributed by atoms with Crippen LogP contribution in [0.4, 0.5) is 13.2 Å². The van der Waals surface area contributed by atoms with Gasteiger partial charge in [0.05, 0.1) is 0 Å². The standard InChI is InChI=1S/C13H20F3N5O4S.ClH/c1-19-8-9(11(22)20(2)12(19)23)26(24,25)18-7-10(13(14,15)16)21-5-3-17-4-6-21;/h8,10,17-18H,3-7H2,1-2H3;1H. The topological polar surface area (TPSA) is 105 Å². The molecule has 1 aliphatic rings. The molecule has 1 aliphatic heterocycles. The van der Waals surface area contributed by atoms with Crippen molar-refractivity contribution in [3.05, 3.63) is 27.0 Å². The van der Waals surface area contributed by atoms with E-state index >= 15 is 0 Å². The van der Waals surface area contributed by atoms with Gasteiger partial charge >= 0.3 is 11.9 Å². The van der Waals surface area contributed by atoms with Gasteiger partial charge in [0.25, 0.3) is 5.56 Å². The van der Waals surface area contributed by atoms with Crippen LogP contribution in [0.25, 0.3) is 0 Å². The van der Waals surface area contributed by atoms with Crippen molar-refractivity contribution >= 4 is 22.4 Å². The smallest absolute Gasteiger partial charge is 0.314 e. The third-order valence-electron chi connectivity index (χ3n) is 4.14. The van der Waals surface area contributed by atoms with Crippen LogP contribution in [0.3, 0.4) is 0 Å². The maximum Gasteiger partial charge on any atom is 0.405 e. The summed E-state index contributed by atoms with van der Waals surface area (Å²) in [5.41, 5.74) is -1.85. The highest BCUT2D eigenvalue weighted by Crippen LogP contribution is 2.25. The number of aromatic nitrogens is 2.